The zero-order valence-corrected chi connectivity index (χ0v) is 14.5. The lowest BCUT2D eigenvalue weighted by atomic mass is 10.1. The van der Waals surface area contributed by atoms with E-state index in [-0.39, 0.29) is 17.5 Å². The molecule has 0 aliphatic heterocycles. The monoisotopic (exact) mass is 328 g/mol. The molecule has 4 rings (SSSR count). The number of rotatable bonds is 6. The molecule has 0 bridgehead atoms. The minimum absolute atomic E-state index is 0.0696. The second-order valence-corrected chi connectivity index (χ2v) is 7.45. The highest BCUT2D eigenvalue weighted by atomic mass is 16.3. The van der Waals surface area contributed by atoms with Crippen molar-refractivity contribution in [3.63, 3.8) is 0 Å². The lowest BCUT2D eigenvalue weighted by Gasteiger charge is -2.17. The third-order valence-corrected chi connectivity index (χ3v) is 5.26. The van der Waals surface area contributed by atoms with E-state index in [0.717, 1.165) is 19.3 Å². The number of aromatic nitrogens is 2. The summed E-state index contributed by atoms with van der Waals surface area (Å²) in [5, 5.41) is 7.34. The van der Waals surface area contributed by atoms with Crippen LogP contribution in [0, 0.1) is 12.8 Å². The van der Waals surface area contributed by atoms with E-state index in [1.54, 1.807) is 0 Å². The molecule has 0 spiro atoms. The van der Waals surface area contributed by atoms with Gasteiger partial charge in [0.05, 0.1) is 10.9 Å². The fraction of sp³-hybridized carbons (Fsp3) is 0.611. The van der Waals surface area contributed by atoms with E-state index in [1.807, 2.05) is 6.92 Å². The van der Waals surface area contributed by atoms with Crippen LogP contribution in [0.5, 0.6) is 0 Å². The molecule has 1 amide bonds. The van der Waals surface area contributed by atoms with Crippen LogP contribution < -0.4 is 10.6 Å². The maximum Gasteiger partial charge on any atom is 0.255 e. The van der Waals surface area contributed by atoms with Gasteiger partial charge in [0, 0.05) is 11.6 Å². The first-order valence-corrected chi connectivity index (χ1v) is 8.84. The molecule has 2 aliphatic carbocycles. The SMILES string of the molecule is CCC(NC(=O)c1c(C)oc2ncnc(NC3(C)CC3)c12)C1CC1. The van der Waals surface area contributed by atoms with Crippen molar-refractivity contribution in [3.8, 4) is 0 Å². The molecule has 2 saturated carbocycles. The van der Waals surface area contributed by atoms with Crippen molar-refractivity contribution in [2.75, 3.05) is 5.32 Å². The topological polar surface area (TPSA) is 80.1 Å². The summed E-state index contributed by atoms with van der Waals surface area (Å²) < 4.78 is 5.74. The number of fused-ring (bicyclic) bond motifs is 1. The van der Waals surface area contributed by atoms with Gasteiger partial charge in [0.2, 0.25) is 5.71 Å². The molecule has 2 N–H and O–H groups in total. The standard InChI is InChI=1S/C18H24N4O2/c1-4-12(11-5-6-11)21-16(23)13-10(2)24-17-14(13)15(19-9-20-17)22-18(3)7-8-18/h9,11-12H,4-8H2,1-3H3,(H,21,23)(H,19,20,22). The maximum absolute atomic E-state index is 12.9. The van der Waals surface area contributed by atoms with Crippen LogP contribution in [-0.4, -0.2) is 27.5 Å². The highest BCUT2D eigenvalue weighted by molar-refractivity contribution is 6.10. The van der Waals surface area contributed by atoms with Gasteiger partial charge in [0.15, 0.2) is 0 Å². The highest BCUT2D eigenvalue weighted by Gasteiger charge is 2.39. The summed E-state index contributed by atoms with van der Waals surface area (Å²) in [5.41, 5.74) is 1.11. The Kier molecular flexibility index (Phi) is 3.51. The number of anilines is 1. The summed E-state index contributed by atoms with van der Waals surface area (Å²) in [7, 11) is 0. The van der Waals surface area contributed by atoms with Gasteiger partial charge in [0.1, 0.15) is 17.9 Å². The number of furan rings is 1. The van der Waals surface area contributed by atoms with Gasteiger partial charge in [-0.15, -0.1) is 0 Å². The molecule has 2 aromatic rings. The number of carbonyl (C=O) groups excluding carboxylic acids is 1. The number of amides is 1. The Morgan fingerprint density at radius 2 is 2.17 bits per heavy atom. The molecule has 6 nitrogen and oxygen atoms in total. The number of nitrogens with one attached hydrogen (secondary N) is 2. The maximum atomic E-state index is 12.9. The Hall–Kier alpha value is -2.11. The van der Waals surface area contributed by atoms with Gasteiger partial charge in [0.25, 0.3) is 5.91 Å². The van der Waals surface area contributed by atoms with E-state index >= 15 is 0 Å². The van der Waals surface area contributed by atoms with Crippen molar-refractivity contribution in [1.82, 2.24) is 15.3 Å². The van der Waals surface area contributed by atoms with Crippen molar-refractivity contribution < 1.29 is 9.21 Å². The third-order valence-electron chi connectivity index (χ3n) is 5.26. The Morgan fingerprint density at radius 3 is 2.79 bits per heavy atom. The predicted molar refractivity (Wildman–Crippen MR) is 92.1 cm³/mol. The van der Waals surface area contributed by atoms with Crippen molar-refractivity contribution in [1.29, 1.82) is 0 Å². The zero-order valence-electron chi connectivity index (χ0n) is 14.5. The Balaban J connectivity index is 1.70. The molecule has 2 fully saturated rings. The largest absolute Gasteiger partial charge is 0.442 e. The number of hydrogen-bond donors (Lipinski definition) is 2. The molecule has 0 aromatic carbocycles. The van der Waals surface area contributed by atoms with Crippen LogP contribution in [0.2, 0.25) is 0 Å². The van der Waals surface area contributed by atoms with Crippen LogP contribution in [0.15, 0.2) is 10.7 Å². The van der Waals surface area contributed by atoms with Crippen molar-refractivity contribution in [2.24, 2.45) is 5.92 Å². The fourth-order valence-electron chi connectivity index (χ4n) is 3.30. The van der Waals surface area contributed by atoms with Gasteiger partial charge in [-0.25, -0.2) is 9.97 Å². The summed E-state index contributed by atoms with van der Waals surface area (Å²) in [4.78, 5) is 21.5. The molecule has 0 saturated heterocycles. The van der Waals surface area contributed by atoms with Crippen molar-refractivity contribution >= 4 is 22.8 Å². The molecule has 6 heteroatoms. The predicted octanol–water partition coefficient (Wildman–Crippen LogP) is 3.41. The van der Waals surface area contributed by atoms with Crippen LogP contribution >= 0.6 is 0 Å². The van der Waals surface area contributed by atoms with Crippen LogP contribution in [-0.2, 0) is 0 Å². The number of carbonyl (C=O) groups is 1. The summed E-state index contributed by atoms with van der Waals surface area (Å²) in [6, 6.07) is 0.240. The lowest BCUT2D eigenvalue weighted by molar-refractivity contribution is 0.0931. The summed E-state index contributed by atoms with van der Waals surface area (Å²) in [6.45, 7) is 6.10. The number of aryl methyl sites for hydroxylation is 1. The number of hydrogen-bond acceptors (Lipinski definition) is 5. The van der Waals surface area contributed by atoms with Crippen LogP contribution in [0.3, 0.4) is 0 Å². The molecule has 128 valence electrons. The average Bonchev–Trinajstić information content (AvgIpc) is 3.45. The first-order chi connectivity index (χ1) is 11.5. The van der Waals surface area contributed by atoms with Gasteiger partial charge in [-0.3, -0.25) is 4.79 Å². The van der Waals surface area contributed by atoms with E-state index < -0.39 is 0 Å². The molecular weight excluding hydrogens is 304 g/mol. The Labute approximate surface area is 141 Å². The van der Waals surface area contributed by atoms with Crippen molar-refractivity contribution in [2.45, 2.75) is 64.5 Å². The molecule has 0 radical (unpaired) electrons. The third kappa shape index (κ3) is 2.74. The fourth-order valence-corrected chi connectivity index (χ4v) is 3.30. The zero-order chi connectivity index (χ0) is 16.9. The second kappa shape index (κ2) is 5.46. The minimum Gasteiger partial charge on any atom is -0.442 e. The minimum atomic E-state index is -0.0798. The number of nitrogens with zero attached hydrogens (tertiary/aromatic N) is 2. The first kappa shape index (κ1) is 15.4. The van der Waals surface area contributed by atoms with E-state index in [4.69, 9.17) is 4.42 Å². The summed E-state index contributed by atoms with van der Waals surface area (Å²) in [6.07, 6.45) is 7.06. The van der Waals surface area contributed by atoms with Crippen LogP contribution in [0.1, 0.15) is 62.1 Å². The van der Waals surface area contributed by atoms with E-state index in [9.17, 15) is 4.79 Å². The second-order valence-electron chi connectivity index (χ2n) is 7.45. The summed E-state index contributed by atoms with van der Waals surface area (Å²) in [5.74, 6) is 1.83. The normalized spacial score (nSPS) is 20.0. The quantitative estimate of drug-likeness (QED) is 0.849. The van der Waals surface area contributed by atoms with E-state index in [0.29, 0.717) is 34.2 Å². The van der Waals surface area contributed by atoms with Gasteiger partial charge in [-0.2, -0.15) is 0 Å². The van der Waals surface area contributed by atoms with Gasteiger partial charge >= 0.3 is 0 Å². The lowest BCUT2D eigenvalue weighted by Crippen LogP contribution is -2.36. The molecule has 1 unspecified atom stereocenters. The van der Waals surface area contributed by atoms with Crippen molar-refractivity contribution in [3.05, 3.63) is 17.7 Å². The average molecular weight is 328 g/mol. The van der Waals surface area contributed by atoms with Gasteiger partial charge in [-0.05, 0) is 51.9 Å². The molecule has 2 heterocycles. The Morgan fingerprint density at radius 1 is 1.42 bits per heavy atom. The molecule has 24 heavy (non-hydrogen) atoms. The highest BCUT2D eigenvalue weighted by Crippen LogP contribution is 2.40. The Bertz CT molecular complexity index is 790. The molecule has 1 atom stereocenters. The van der Waals surface area contributed by atoms with E-state index in [2.05, 4.69) is 34.4 Å². The molecular formula is C18H24N4O2. The first-order valence-electron chi connectivity index (χ1n) is 8.84. The van der Waals surface area contributed by atoms with Crippen LogP contribution in [0.4, 0.5) is 5.82 Å². The molecule has 2 aromatic heterocycles. The van der Waals surface area contributed by atoms with Gasteiger partial charge < -0.3 is 15.1 Å². The summed E-state index contributed by atoms with van der Waals surface area (Å²) >= 11 is 0. The smallest absolute Gasteiger partial charge is 0.255 e. The van der Waals surface area contributed by atoms with E-state index in [1.165, 1.54) is 19.2 Å². The van der Waals surface area contributed by atoms with Crippen LogP contribution in [0.25, 0.3) is 11.1 Å². The van der Waals surface area contributed by atoms with Gasteiger partial charge in [-0.1, -0.05) is 6.92 Å². The molecule has 2 aliphatic rings.